The highest BCUT2D eigenvalue weighted by Gasteiger charge is 2.12. The van der Waals surface area contributed by atoms with E-state index >= 15 is 0 Å². The second kappa shape index (κ2) is 7.85. The van der Waals surface area contributed by atoms with Crippen molar-refractivity contribution in [2.45, 2.75) is 32.6 Å². The van der Waals surface area contributed by atoms with E-state index in [1.807, 2.05) is 0 Å². The number of thiocarbonyl (C=S) groups is 1. The van der Waals surface area contributed by atoms with Crippen LogP contribution < -0.4 is 5.32 Å². The molecule has 0 bridgehead atoms. The Morgan fingerprint density at radius 3 is 2.69 bits per heavy atom. The van der Waals surface area contributed by atoms with Crippen LogP contribution in [0.2, 0.25) is 0 Å². The molecule has 1 aliphatic heterocycles. The lowest BCUT2D eigenvalue weighted by Gasteiger charge is -2.24. The van der Waals surface area contributed by atoms with Gasteiger partial charge in [-0.3, -0.25) is 0 Å². The first-order chi connectivity index (χ1) is 7.74. The number of nitrogens with one attached hydrogen (secondary N) is 1. The molecule has 1 saturated heterocycles. The Labute approximate surface area is 105 Å². The minimum Gasteiger partial charge on any atom is -0.363 e. The molecule has 0 spiro atoms. The predicted molar refractivity (Wildman–Crippen MR) is 73.8 cm³/mol. The zero-order valence-corrected chi connectivity index (χ0v) is 11.5. The third-order valence-corrected chi connectivity index (χ3v) is 3.56. The maximum absolute atomic E-state index is 5.33. The van der Waals surface area contributed by atoms with E-state index in [0.29, 0.717) is 0 Å². The lowest BCUT2D eigenvalue weighted by Crippen LogP contribution is -2.41. The van der Waals surface area contributed by atoms with E-state index in [1.165, 1.54) is 38.8 Å². The maximum Gasteiger partial charge on any atom is 0.168 e. The van der Waals surface area contributed by atoms with Gasteiger partial charge in [0.1, 0.15) is 0 Å². The SMILES string of the molecule is CCCCNC(=S)N(C)CCN1CCCC1. The van der Waals surface area contributed by atoms with Gasteiger partial charge in [-0.15, -0.1) is 0 Å². The van der Waals surface area contributed by atoms with Gasteiger partial charge < -0.3 is 15.1 Å². The molecule has 0 saturated carbocycles. The fourth-order valence-corrected chi connectivity index (χ4v) is 2.10. The average molecular weight is 243 g/mol. The molecule has 4 heteroatoms. The van der Waals surface area contributed by atoms with Crippen LogP contribution in [0.5, 0.6) is 0 Å². The quantitative estimate of drug-likeness (QED) is 0.565. The first-order valence-electron chi connectivity index (χ1n) is 6.45. The standard InChI is InChI=1S/C12H25N3S/c1-3-4-7-13-12(16)14(2)10-11-15-8-5-6-9-15/h3-11H2,1-2H3,(H,13,16). The van der Waals surface area contributed by atoms with E-state index in [4.69, 9.17) is 12.2 Å². The molecule has 1 fully saturated rings. The number of likely N-dealkylation sites (tertiary alicyclic amines) is 1. The van der Waals surface area contributed by atoms with Gasteiger partial charge in [-0.1, -0.05) is 13.3 Å². The highest BCUT2D eigenvalue weighted by molar-refractivity contribution is 7.80. The molecule has 3 nitrogen and oxygen atoms in total. The van der Waals surface area contributed by atoms with Crippen molar-refractivity contribution in [3.05, 3.63) is 0 Å². The molecular weight excluding hydrogens is 218 g/mol. The Morgan fingerprint density at radius 1 is 1.38 bits per heavy atom. The Kier molecular flexibility index (Phi) is 6.73. The van der Waals surface area contributed by atoms with Gasteiger partial charge in [0.05, 0.1) is 0 Å². The lowest BCUT2D eigenvalue weighted by atomic mass is 10.3. The molecule has 1 rings (SSSR count). The van der Waals surface area contributed by atoms with Crippen molar-refractivity contribution in [1.29, 1.82) is 0 Å². The van der Waals surface area contributed by atoms with E-state index in [2.05, 4.69) is 29.1 Å². The van der Waals surface area contributed by atoms with Crippen molar-refractivity contribution >= 4 is 17.3 Å². The number of unbranched alkanes of at least 4 members (excludes halogenated alkanes) is 1. The van der Waals surface area contributed by atoms with Gasteiger partial charge in [-0.05, 0) is 44.6 Å². The summed E-state index contributed by atoms with van der Waals surface area (Å²) in [7, 11) is 2.08. The van der Waals surface area contributed by atoms with E-state index in [-0.39, 0.29) is 0 Å². The Bertz CT molecular complexity index is 202. The first kappa shape index (κ1) is 13.7. The second-order valence-electron chi connectivity index (χ2n) is 4.56. The average Bonchev–Trinajstić information content (AvgIpc) is 2.79. The van der Waals surface area contributed by atoms with Crippen LogP contribution in [0.4, 0.5) is 0 Å². The van der Waals surface area contributed by atoms with Gasteiger partial charge in [-0.25, -0.2) is 0 Å². The second-order valence-corrected chi connectivity index (χ2v) is 4.94. The van der Waals surface area contributed by atoms with Crippen LogP contribution in [0.25, 0.3) is 0 Å². The number of hydrogen-bond donors (Lipinski definition) is 1. The lowest BCUT2D eigenvalue weighted by molar-refractivity contribution is 0.306. The summed E-state index contributed by atoms with van der Waals surface area (Å²) in [5.41, 5.74) is 0. The van der Waals surface area contributed by atoms with Gasteiger partial charge in [-0.2, -0.15) is 0 Å². The molecule has 0 aromatic heterocycles. The molecule has 0 unspecified atom stereocenters. The Morgan fingerprint density at radius 2 is 2.06 bits per heavy atom. The number of rotatable bonds is 6. The molecule has 16 heavy (non-hydrogen) atoms. The van der Waals surface area contributed by atoms with Crippen molar-refractivity contribution in [3.8, 4) is 0 Å². The Balaban J connectivity index is 2.07. The van der Waals surface area contributed by atoms with E-state index in [1.54, 1.807) is 0 Å². The fourth-order valence-electron chi connectivity index (χ4n) is 1.91. The molecule has 0 aromatic carbocycles. The van der Waals surface area contributed by atoms with Crippen LogP contribution in [-0.4, -0.2) is 54.7 Å². The largest absolute Gasteiger partial charge is 0.363 e. The summed E-state index contributed by atoms with van der Waals surface area (Å²) in [6.45, 7) is 7.92. The highest BCUT2D eigenvalue weighted by atomic mass is 32.1. The topological polar surface area (TPSA) is 18.5 Å². The fraction of sp³-hybridized carbons (Fsp3) is 0.917. The maximum atomic E-state index is 5.33. The molecule has 0 aliphatic carbocycles. The zero-order chi connectivity index (χ0) is 11.8. The predicted octanol–water partition coefficient (Wildman–Crippen LogP) is 1.69. The van der Waals surface area contributed by atoms with Crippen molar-refractivity contribution in [2.24, 2.45) is 0 Å². The summed E-state index contributed by atoms with van der Waals surface area (Å²) >= 11 is 5.33. The van der Waals surface area contributed by atoms with Gasteiger partial charge >= 0.3 is 0 Å². The van der Waals surface area contributed by atoms with Crippen molar-refractivity contribution < 1.29 is 0 Å². The molecule has 1 N–H and O–H groups in total. The summed E-state index contributed by atoms with van der Waals surface area (Å²) in [6, 6.07) is 0. The minimum absolute atomic E-state index is 0.896. The van der Waals surface area contributed by atoms with Crippen LogP contribution in [-0.2, 0) is 0 Å². The van der Waals surface area contributed by atoms with Gasteiger partial charge in [0.15, 0.2) is 5.11 Å². The molecule has 0 aromatic rings. The summed E-state index contributed by atoms with van der Waals surface area (Å²) in [5.74, 6) is 0. The van der Waals surface area contributed by atoms with Gasteiger partial charge in [0, 0.05) is 26.7 Å². The number of nitrogens with zero attached hydrogens (tertiary/aromatic N) is 2. The molecule has 0 atom stereocenters. The normalized spacial score (nSPS) is 16.4. The summed E-state index contributed by atoms with van der Waals surface area (Å²) < 4.78 is 0. The smallest absolute Gasteiger partial charge is 0.168 e. The van der Waals surface area contributed by atoms with E-state index in [0.717, 1.165) is 24.7 Å². The number of likely N-dealkylation sites (N-methyl/N-ethyl adjacent to an activating group) is 1. The number of hydrogen-bond acceptors (Lipinski definition) is 2. The molecule has 0 radical (unpaired) electrons. The molecular formula is C12H25N3S. The van der Waals surface area contributed by atoms with Gasteiger partial charge in [0.25, 0.3) is 0 Å². The summed E-state index contributed by atoms with van der Waals surface area (Å²) in [6.07, 6.45) is 5.14. The first-order valence-corrected chi connectivity index (χ1v) is 6.86. The zero-order valence-electron chi connectivity index (χ0n) is 10.7. The summed E-state index contributed by atoms with van der Waals surface area (Å²) in [5, 5.41) is 4.19. The van der Waals surface area contributed by atoms with Gasteiger partial charge in [0.2, 0.25) is 0 Å². The summed E-state index contributed by atoms with van der Waals surface area (Å²) in [4.78, 5) is 4.68. The van der Waals surface area contributed by atoms with Crippen LogP contribution >= 0.6 is 12.2 Å². The van der Waals surface area contributed by atoms with Crippen LogP contribution in [0.1, 0.15) is 32.6 Å². The van der Waals surface area contributed by atoms with Crippen molar-refractivity contribution in [3.63, 3.8) is 0 Å². The monoisotopic (exact) mass is 243 g/mol. The van der Waals surface area contributed by atoms with Crippen LogP contribution in [0.3, 0.4) is 0 Å². The third kappa shape index (κ3) is 5.12. The van der Waals surface area contributed by atoms with Crippen LogP contribution in [0.15, 0.2) is 0 Å². The van der Waals surface area contributed by atoms with E-state index < -0.39 is 0 Å². The van der Waals surface area contributed by atoms with E-state index in [9.17, 15) is 0 Å². The molecule has 1 heterocycles. The minimum atomic E-state index is 0.896. The third-order valence-electron chi connectivity index (χ3n) is 3.10. The van der Waals surface area contributed by atoms with Crippen molar-refractivity contribution in [2.75, 3.05) is 39.8 Å². The molecule has 94 valence electrons. The van der Waals surface area contributed by atoms with Crippen molar-refractivity contribution in [1.82, 2.24) is 15.1 Å². The molecule has 1 aliphatic rings. The van der Waals surface area contributed by atoms with Crippen LogP contribution in [0, 0.1) is 0 Å². The highest BCUT2D eigenvalue weighted by Crippen LogP contribution is 2.06. The Hall–Kier alpha value is -0.350. The molecule has 0 amide bonds.